The lowest BCUT2D eigenvalue weighted by Gasteiger charge is -2.58. The first-order chi connectivity index (χ1) is 17.2. The van der Waals surface area contributed by atoms with Gasteiger partial charge in [0.25, 0.3) is 5.91 Å². The summed E-state index contributed by atoms with van der Waals surface area (Å²) in [6.07, 6.45) is 17.3. The third kappa shape index (κ3) is 3.79. The van der Waals surface area contributed by atoms with Gasteiger partial charge >= 0.3 is 5.97 Å². The van der Waals surface area contributed by atoms with Crippen LogP contribution in [0.25, 0.3) is 0 Å². The first-order valence-electron chi connectivity index (χ1n) is 13.6. The number of terminal acetylenes is 1. The monoisotopic (exact) mass is 496 g/mol. The molecule has 0 spiro atoms. The summed E-state index contributed by atoms with van der Waals surface area (Å²) in [7, 11) is 1.35. The van der Waals surface area contributed by atoms with Crippen molar-refractivity contribution in [2.45, 2.75) is 89.7 Å². The number of rotatable bonds is 4. The van der Waals surface area contributed by atoms with Crippen molar-refractivity contribution in [1.82, 2.24) is 4.90 Å². The molecule has 0 radical (unpaired) electrons. The zero-order valence-electron chi connectivity index (χ0n) is 21.9. The summed E-state index contributed by atoms with van der Waals surface area (Å²) < 4.78 is 4.83. The van der Waals surface area contributed by atoms with E-state index >= 15 is 0 Å². The molecule has 0 bridgehead atoms. The second-order valence-electron chi connectivity index (χ2n) is 12.1. The van der Waals surface area contributed by atoms with Crippen molar-refractivity contribution in [2.75, 3.05) is 20.3 Å². The number of likely N-dealkylation sites (tertiary alicyclic amines) is 1. The number of amides is 1. The van der Waals surface area contributed by atoms with Crippen LogP contribution in [-0.4, -0.2) is 59.5 Å². The van der Waals surface area contributed by atoms with Gasteiger partial charge in [0, 0.05) is 12.0 Å². The lowest BCUT2D eigenvalue weighted by molar-refractivity contribution is -0.152. The van der Waals surface area contributed by atoms with Gasteiger partial charge < -0.3 is 19.6 Å². The third-order valence-corrected chi connectivity index (χ3v) is 10.8. The Labute approximate surface area is 214 Å². The van der Waals surface area contributed by atoms with E-state index < -0.39 is 11.6 Å². The van der Waals surface area contributed by atoms with Crippen LogP contribution >= 0.6 is 0 Å². The largest absolute Gasteiger partial charge is 0.467 e. The van der Waals surface area contributed by atoms with Gasteiger partial charge in [0.05, 0.1) is 12.8 Å². The van der Waals surface area contributed by atoms with Gasteiger partial charge in [0.15, 0.2) is 6.61 Å². The Kier molecular flexibility index (Phi) is 6.47. The van der Waals surface area contributed by atoms with Crippen LogP contribution in [0.3, 0.4) is 0 Å². The summed E-state index contributed by atoms with van der Waals surface area (Å²) in [4.78, 5) is 31.6. The van der Waals surface area contributed by atoms with Crippen molar-refractivity contribution in [3.8, 4) is 12.3 Å². The molecule has 1 N–H and O–H groups in total. The Morgan fingerprint density at radius 1 is 1.17 bits per heavy atom. The number of carbonyl (C=O) groups is 2. The van der Waals surface area contributed by atoms with E-state index in [0.29, 0.717) is 30.7 Å². The molecular weight excluding hydrogens is 456 g/mol. The standard InChI is InChI=1S/C29H40N2O5/c1-5-29(34)15-12-23-21-9-8-19-17-20(10-13-27(19,2)22(21)11-14-28(23,29)3)30-36-18-25(32)31-16-6-7-24(31)26(33)35-4/h1,17,21-24,34H,6-16,18H2,2-4H3/t21?,22?,23?,24?,27-,28-,29+/m0/s1. The smallest absolute Gasteiger partial charge is 0.328 e. The summed E-state index contributed by atoms with van der Waals surface area (Å²) in [5.74, 6) is 3.86. The van der Waals surface area contributed by atoms with Crippen molar-refractivity contribution in [3.63, 3.8) is 0 Å². The van der Waals surface area contributed by atoms with Crippen LogP contribution in [0.1, 0.15) is 78.1 Å². The number of fused-ring (bicyclic) bond motifs is 5. The molecule has 4 unspecified atom stereocenters. The lowest BCUT2D eigenvalue weighted by Crippen LogP contribution is -2.54. The predicted molar refractivity (Wildman–Crippen MR) is 136 cm³/mol. The van der Waals surface area contributed by atoms with E-state index in [-0.39, 0.29) is 29.3 Å². The molecule has 1 saturated heterocycles. The van der Waals surface area contributed by atoms with Gasteiger partial charge in [-0.05, 0) is 93.5 Å². The van der Waals surface area contributed by atoms with Crippen LogP contribution in [0, 0.1) is 40.9 Å². The molecule has 196 valence electrons. The number of oxime groups is 1. The van der Waals surface area contributed by atoms with E-state index in [2.05, 4.69) is 31.0 Å². The highest BCUT2D eigenvalue weighted by atomic mass is 16.6. The maximum absolute atomic E-state index is 12.6. The Balaban J connectivity index is 1.24. The molecule has 3 saturated carbocycles. The zero-order chi connectivity index (χ0) is 25.7. The Morgan fingerprint density at radius 3 is 2.69 bits per heavy atom. The fourth-order valence-electron chi connectivity index (χ4n) is 8.60. The van der Waals surface area contributed by atoms with E-state index in [1.165, 1.54) is 12.7 Å². The summed E-state index contributed by atoms with van der Waals surface area (Å²) in [6, 6.07) is -0.514. The molecule has 7 atom stereocenters. The van der Waals surface area contributed by atoms with Gasteiger partial charge in [0.2, 0.25) is 0 Å². The molecule has 0 aromatic carbocycles. The number of carbonyl (C=O) groups excluding carboxylic acids is 2. The number of ether oxygens (including phenoxy) is 1. The van der Waals surface area contributed by atoms with Crippen LogP contribution < -0.4 is 0 Å². The van der Waals surface area contributed by atoms with E-state index in [9.17, 15) is 14.7 Å². The van der Waals surface area contributed by atoms with Crippen LogP contribution in [-0.2, 0) is 19.2 Å². The number of aliphatic hydroxyl groups is 1. The van der Waals surface area contributed by atoms with Gasteiger partial charge in [-0.1, -0.05) is 30.5 Å². The fraction of sp³-hybridized carbons (Fsp3) is 0.759. The number of hydrogen-bond acceptors (Lipinski definition) is 6. The summed E-state index contributed by atoms with van der Waals surface area (Å²) >= 11 is 0. The second-order valence-corrected chi connectivity index (χ2v) is 12.1. The summed E-state index contributed by atoms with van der Waals surface area (Å²) in [5, 5.41) is 15.5. The molecule has 7 heteroatoms. The Morgan fingerprint density at radius 2 is 1.94 bits per heavy atom. The lowest BCUT2D eigenvalue weighted by atomic mass is 9.46. The minimum Gasteiger partial charge on any atom is -0.467 e. The van der Waals surface area contributed by atoms with E-state index in [1.807, 2.05) is 0 Å². The molecule has 4 aliphatic carbocycles. The quantitative estimate of drug-likeness (QED) is 0.363. The minimum absolute atomic E-state index is 0.138. The Bertz CT molecular complexity index is 1030. The molecule has 7 nitrogen and oxygen atoms in total. The zero-order valence-corrected chi connectivity index (χ0v) is 21.9. The summed E-state index contributed by atoms with van der Waals surface area (Å²) in [5.41, 5.74) is 1.33. The maximum Gasteiger partial charge on any atom is 0.328 e. The maximum atomic E-state index is 12.6. The number of nitrogens with zero attached hydrogens (tertiary/aromatic N) is 2. The Hall–Kier alpha value is -2.33. The molecule has 4 fully saturated rings. The summed E-state index contributed by atoms with van der Waals surface area (Å²) in [6.45, 7) is 5.03. The van der Waals surface area contributed by atoms with Gasteiger partial charge in [-0.15, -0.1) is 6.42 Å². The van der Waals surface area contributed by atoms with Crippen LogP contribution in [0.2, 0.25) is 0 Å². The minimum atomic E-state index is -0.966. The normalized spacial score (nSPS) is 42.6. The highest BCUT2D eigenvalue weighted by Gasteiger charge is 2.63. The topological polar surface area (TPSA) is 88.4 Å². The molecule has 36 heavy (non-hydrogen) atoms. The molecule has 0 aromatic rings. The molecule has 0 aromatic heterocycles. The highest BCUT2D eigenvalue weighted by Crippen LogP contribution is 2.67. The SMILES string of the molecule is C#C[C@@]1(O)CCC2C3CCC4=CC(=NOCC(=O)N5CCCC5C(=O)OC)CC[C@]4(C)C3CC[C@@]21C. The van der Waals surface area contributed by atoms with Crippen molar-refractivity contribution < 1.29 is 24.3 Å². The first-order valence-corrected chi connectivity index (χ1v) is 13.6. The molecular formula is C29H40N2O5. The van der Waals surface area contributed by atoms with Gasteiger partial charge in [-0.25, -0.2) is 4.79 Å². The van der Waals surface area contributed by atoms with E-state index in [1.54, 1.807) is 4.90 Å². The molecule has 5 rings (SSSR count). The van der Waals surface area contributed by atoms with E-state index in [4.69, 9.17) is 16.0 Å². The second kappa shape index (κ2) is 9.20. The van der Waals surface area contributed by atoms with Gasteiger partial charge in [0.1, 0.15) is 11.6 Å². The predicted octanol–water partition coefficient (Wildman–Crippen LogP) is 3.85. The van der Waals surface area contributed by atoms with Gasteiger partial charge in [-0.3, -0.25) is 4.79 Å². The number of methoxy groups -OCH3 is 1. The van der Waals surface area contributed by atoms with Crippen molar-refractivity contribution in [3.05, 3.63) is 11.6 Å². The molecule has 1 aliphatic heterocycles. The third-order valence-electron chi connectivity index (χ3n) is 10.8. The van der Waals surface area contributed by atoms with Crippen LogP contribution in [0.15, 0.2) is 16.8 Å². The van der Waals surface area contributed by atoms with Crippen molar-refractivity contribution in [1.29, 1.82) is 0 Å². The van der Waals surface area contributed by atoms with Gasteiger partial charge in [-0.2, -0.15) is 0 Å². The number of esters is 1. The molecule has 1 amide bonds. The number of allylic oxidation sites excluding steroid dienone is 2. The van der Waals surface area contributed by atoms with Crippen LogP contribution in [0.5, 0.6) is 0 Å². The average Bonchev–Trinajstić information content (AvgIpc) is 3.47. The van der Waals surface area contributed by atoms with Crippen molar-refractivity contribution >= 4 is 17.6 Å². The molecule has 1 heterocycles. The molecule has 5 aliphatic rings. The average molecular weight is 497 g/mol. The van der Waals surface area contributed by atoms with Crippen LogP contribution in [0.4, 0.5) is 0 Å². The fourth-order valence-corrected chi connectivity index (χ4v) is 8.60. The highest BCUT2D eigenvalue weighted by molar-refractivity contribution is 5.96. The van der Waals surface area contributed by atoms with Crippen molar-refractivity contribution in [2.24, 2.45) is 33.7 Å². The number of hydrogen-bond donors (Lipinski definition) is 1. The van der Waals surface area contributed by atoms with E-state index in [0.717, 1.165) is 63.5 Å². The first kappa shape index (κ1) is 25.3.